The van der Waals surface area contributed by atoms with Crippen molar-refractivity contribution in [1.82, 2.24) is 10.3 Å². The van der Waals surface area contributed by atoms with Crippen LogP contribution >= 0.6 is 0 Å². The lowest BCUT2D eigenvalue weighted by atomic mass is 10.0. The normalized spacial score (nSPS) is 22.1. The van der Waals surface area contributed by atoms with Crippen LogP contribution in [0.1, 0.15) is 30.0 Å². The molecule has 70 valence electrons. The van der Waals surface area contributed by atoms with E-state index in [1.165, 1.54) is 18.4 Å². The second-order valence-electron chi connectivity index (χ2n) is 3.58. The van der Waals surface area contributed by atoms with Gasteiger partial charge in [-0.3, -0.25) is 4.79 Å². The number of aromatic amines is 1. The van der Waals surface area contributed by atoms with Crippen LogP contribution in [-0.4, -0.2) is 11.5 Å². The van der Waals surface area contributed by atoms with Crippen molar-refractivity contribution >= 4 is 0 Å². The molecule has 3 heteroatoms. The van der Waals surface area contributed by atoms with E-state index >= 15 is 0 Å². The smallest absolute Gasteiger partial charge is 0.248 e. The third-order valence-corrected chi connectivity index (χ3v) is 2.61. The van der Waals surface area contributed by atoms with Crippen LogP contribution in [0.5, 0.6) is 0 Å². The number of nitrogens with one attached hydrogen (secondary N) is 2. The predicted octanol–water partition coefficient (Wildman–Crippen LogP) is 1.11. The molecule has 0 spiro atoms. The summed E-state index contributed by atoms with van der Waals surface area (Å²) in [6.07, 6.45) is 4.23. The molecule has 2 N–H and O–H groups in total. The van der Waals surface area contributed by atoms with E-state index in [-0.39, 0.29) is 5.56 Å². The number of aromatic nitrogens is 1. The lowest BCUT2D eigenvalue weighted by Crippen LogP contribution is -2.16. The zero-order valence-electron chi connectivity index (χ0n) is 7.76. The fourth-order valence-electron chi connectivity index (χ4n) is 1.91. The highest BCUT2D eigenvalue weighted by atomic mass is 16.1. The van der Waals surface area contributed by atoms with E-state index in [2.05, 4.69) is 10.3 Å². The van der Waals surface area contributed by atoms with Gasteiger partial charge in [-0.2, -0.15) is 0 Å². The first-order chi connectivity index (χ1) is 6.27. The Kier molecular flexibility index (Phi) is 2.19. The molecular formula is C10H14N2O. The molecule has 2 heterocycles. The highest BCUT2D eigenvalue weighted by Crippen LogP contribution is 2.23. The molecule has 0 aliphatic carbocycles. The lowest BCUT2D eigenvalue weighted by molar-refractivity contribution is 0.640. The summed E-state index contributed by atoms with van der Waals surface area (Å²) in [7, 11) is 0. The number of hydrogen-bond acceptors (Lipinski definition) is 2. The largest absolute Gasteiger partial charge is 0.329 e. The maximum absolute atomic E-state index is 11.0. The maximum Gasteiger partial charge on any atom is 0.248 e. The summed E-state index contributed by atoms with van der Waals surface area (Å²) in [5, 5.41) is 3.41. The van der Waals surface area contributed by atoms with E-state index in [0.717, 1.165) is 12.1 Å². The predicted molar refractivity (Wildman–Crippen MR) is 51.8 cm³/mol. The first kappa shape index (κ1) is 8.51. The number of pyridine rings is 1. The summed E-state index contributed by atoms with van der Waals surface area (Å²) < 4.78 is 0. The van der Waals surface area contributed by atoms with Gasteiger partial charge in [0.25, 0.3) is 0 Å². The Bertz CT molecular complexity index is 350. The number of H-pyrrole nitrogens is 1. The Morgan fingerprint density at radius 3 is 3.00 bits per heavy atom. The Hall–Kier alpha value is -1.09. The first-order valence-electron chi connectivity index (χ1n) is 4.70. The molecule has 1 atom stereocenters. The van der Waals surface area contributed by atoms with Gasteiger partial charge >= 0.3 is 0 Å². The number of aryl methyl sites for hydroxylation is 1. The van der Waals surface area contributed by atoms with Crippen molar-refractivity contribution < 1.29 is 0 Å². The highest BCUT2D eigenvalue weighted by molar-refractivity contribution is 5.25. The van der Waals surface area contributed by atoms with Crippen LogP contribution in [0.4, 0.5) is 0 Å². The summed E-state index contributed by atoms with van der Waals surface area (Å²) in [6.45, 7) is 3.08. The Labute approximate surface area is 77.2 Å². The molecule has 3 nitrogen and oxygen atoms in total. The first-order valence-corrected chi connectivity index (χ1v) is 4.70. The van der Waals surface area contributed by atoms with Crippen molar-refractivity contribution in [3.05, 3.63) is 33.7 Å². The van der Waals surface area contributed by atoms with Crippen molar-refractivity contribution in [3.8, 4) is 0 Å². The van der Waals surface area contributed by atoms with Crippen molar-refractivity contribution in [1.29, 1.82) is 0 Å². The molecular weight excluding hydrogens is 164 g/mol. The Morgan fingerprint density at radius 1 is 1.54 bits per heavy atom. The lowest BCUT2D eigenvalue weighted by Gasteiger charge is -2.12. The quantitative estimate of drug-likeness (QED) is 0.676. The van der Waals surface area contributed by atoms with E-state index in [0.29, 0.717) is 6.04 Å². The minimum absolute atomic E-state index is 0.0146. The van der Waals surface area contributed by atoms with Crippen LogP contribution in [0.3, 0.4) is 0 Å². The molecule has 0 amide bonds. The van der Waals surface area contributed by atoms with E-state index in [9.17, 15) is 4.79 Å². The van der Waals surface area contributed by atoms with Gasteiger partial charge in [-0.05, 0) is 37.4 Å². The molecule has 1 aromatic rings. The summed E-state index contributed by atoms with van der Waals surface area (Å²) in [6, 6.07) is 2.10. The molecule has 0 saturated carbocycles. The van der Waals surface area contributed by atoms with Crippen molar-refractivity contribution in [3.63, 3.8) is 0 Å². The molecule has 1 aromatic heterocycles. The van der Waals surface area contributed by atoms with Crippen LogP contribution in [0, 0.1) is 6.92 Å². The third-order valence-electron chi connectivity index (χ3n) is 2.61. The summed E-state index contributed by atoms with van der Waals surface area (Å²) >= 11 is 0. The minimum Gasteiger partial charge on any atom is -0.329 e. The number of rotatable bonds is 1. The monoisotopic (exact) mass is 178 g/mol. The molecule has 0 aromatic carbocycles. The van der Waals surface area contributed by atoms with Gasteiger partial charge in [-0.15, -0.1) is 0 Å². The van der Waals surface area contributed by atoms with Gasteiger partial charge < -0.3 is 10.3 Å². The topological polar surface area (TPSA) is 44.9 Å². The molecule has 1 saturated heterocycles. The molecule has 1 fully saturated rings. The number of hydrogen-bond donors (Lipinski definition) is 2. The SMILES string of the molecule is Cc1cc(=O)[nH]cc1[C@H]1CCCN1. The average Bonchev–Trinajstić information content (AvgIpc) is 2.56. The van der Waals surface area contributed by atoms with E-state index < -0.39 is 0 Å². The highest BCUT2D eigenvalue weighted by Gasteiger charge is 2.17. The van der Waals surface area contributed by atoms with E-state index in [4.69, 9.17) is 0 Å². The Morgan fingerprint density at radius 2 is 2.38 bits per heavy atom. The van der Waals surface area contributed by atoms with Gasteiger partial charge in [0.15, 0.2) is 0 Å². The zero-order valence-corrected chi connectivity index (χ0v) is 7.76. The molecule has 1 aliphatic rings. The van der Waals surface area contributed by atoms with Crippen LogP contribution < -0.4 is 10.9 Å². The molecule has 0 radical (unpaired) electrons. The maximum atomic E-state index is 11.0. The fraction of sp³-hybridized carbons (Fsp3) is 0.500. The summed E-state index contributed by atoms with van der Waals surface area (Å²) in [5.74, 6) is 0. The second-order valence-corrected chi connectivity index (χ2v) is 3.58. The zero-order chi connectivity index (χ0) is 9.26. The van der Waals surface area contributed by atoms with Crippen LogP contribution in [-0.2, 0) is 0 Å². The second kappa shape index (κ2) is 3.34. The third kappa shape index (κ3) is 1.65. The van der Waals surface area contributed by atoms with Crippen molar-refractivity contribution in [2.24, 2.45) is 0 Å². The van der Waals surface area contributed by atoms with E-state index in [1.807, 2.05) is 13.1 Å². The minimum atomic E-state index is -0.0146. The van der Waals surface area contributed by atoms with Gasteiger partial charge in [0.05, 0.1) is 0 Å². The van der Waals surface area contributed by atoms with Crippen LogP contribution in [0.2, 0.25) is 0 Å². The summed E-state index contributed by atoms with van der Waals surface area (Å²) in [5.41, 5.74) is 2.31. The molecule has 13 heavy (non-hydrogen) atoms. The standard InChI is InChI=1S/C10H14N2O/c1-7-5-10(13)12-6-8(7)9-3-2-4-11-9/h5-6,9,11H,2-4H2,1H3,(H,12,13)/t9-/m1/s1. The molecule has 0 bridgehead atoms. The van der Waals surface area contributed by atoms with Gasteiger partial charge in [-0.25, -0.2) is 0 Å². The Balaban J connectivity index is 2.34. The van der Waals surface area contributed by atoms with Crippen LogP contribution in [0.25, 0.3) is 0 Å². The van der Waals surface area contributed by atoms with Crippen LogP contribution in [0.15, 0.2) is 17.1 Å². The molecule has 0 unspecified atom stereocenters. The van der Waals surface area contributed by atoms with Gasteiger partial charge in [-0.1, -0.05) is 0 Å². The van der Waals surface area contributed by atoms with E-state index in [1.54, 1.807) is 6.07 Å². The van der Waals surface area contributed by atoms with Gasteiger partial charge in [0, 0.05) is 18.3 Å². The van der Waals surface area contributed by atoms with Crippen molar-refractivity contribution in [2.75, 3.05) is 6.54 Å². The average molecular weight is 178 g/mol. The summed E-state index contributed by atoms with van der Waals surface area (Å²) in [4.78, 5) is 13.7. The van der Waals surface area contributed by atoms with Crippen molar-refractivity contribution in [2.45, 2.75) is 25.8 Å². The van der Waals surface area contributed by atoms with Gasteiger partial charge in [0.1, 0.15) is 0 Å². The fourth-order valence-corrected chi connectivity index (χ4v) is 1.91. The molecule has 2 rings (SSSR count). The molecule has 1 aliphatic heterocycles. The van der Waals surface area contributed by atoms with Gasteiger partial charge in [0.2, 0.25) is 5.56 Å².